The topological polar surface area (TPSA) is 78.4 Å². The maximum Gasteiger partial charge on any atom is 0.488 e. The van der Waals surface area contributed by atoms with Crippen LogP contribution in [0.1, 0.15) is 6.92 Å². The minimum Gasteiger partial charge on any atom is -0.493 e. The first-order valence-corrected chi connectivity index (χ1v) is 6.77. The summed E-state index contributed by atoms with van der Waals surface area (Å²) in [7, 11) is -1.52. The van der Waals surface area contributed by atoms with E-state index in [0.29, 0.717) is 29.2 Å². The second-order valence-electron chi connectivity index (χ2n) is 4.66. The number of nitrogens with zero attached hydrogens (tertiary/aromatic N) is 1. The zero-order valence-corrected chi connectivity index (χ0v) is 11.6. The summed E-state index contributed by atoms with van der Waals surface area (Å²) in [5.74, 6) is 1.29. The number of rotatable bonds is 4. The Morgan fingerprint density at radius 1 is 1.19 bits per heavy atom. The van der Waals surface area contributed by atoms with Crippen molar-refractivity contribution in [2.24, 2.45) is 0 Å². The van der Waals surface area contributed by atoms with Crippen molar-refractivity contribution in [1.29, 1.82) is 0 Å². The lowest BCUT2D eigenvalue weighted by Crippen LogP contribution is -2.29. The molecular weight excluding hydrogens is 267 g/mol. The van der Waals surface area contributed by atoms with Crippen molar-refractivity contribution in [1.82, 2.24) is 9.97 Å². The summed E-state index contributed by atoms with van der Waals surface area (Å²) < 4.78 is 5.60. The molecule has 0 aliphatic carbocycles. The molecule has 0 radical (unpaired) electrons. The highest BCUT2D eigenvalue weighted by Gasteiger charge is 2.17. The number of benzene rings is 2. The Morgan fingerprint density at radius 2 is 2.00 bits per heavy atom. The number of ether oxygens (including phenoxy) is 1. The smallest absolute Gasteiger partial charge is 0.488 e. The van der Waals surface area contributed by atoms with E-state index < -0.39 is 7.12 Å². The monoisotopic (exact) mass is 282 g/mol. The Kier molecular flexibility index (Phi) is 3.64. The Balaban J connectivity index is 2.15. The van der Waals surface area contributed by atoms with Gasteiger partial charge in [-0.15, -0.1) is 0 Å². The van der Waals surface area contributed by atoms with Crippen LogP contribution in [-0.4, -0.2) is 33.7 Å². The van der Waals surface area contributed by atoms with Crippen LogP contribution in [-0.2, 0) is 0 Å². The highest BCUT2D eigenvalue weighted by molar-refractivity contribution is 6.58. The van der Waals surface area contributed by atoms with Crippen molar-refractivity contribution < 1.29 is 14.8 Å². The fourth-order valence-electron chi connectivity index (χ4n) is 2.25. The van der Waals surface area contributed by atoms with Crippen LogP contribution in [0.5, 0.6) is 5.75 Å². The lowest BCUT2D eigenvalue weighted by Gasteiger charge is -2.10. The number of hydrogen-bond acceptors (Lipinski definition) is 4. The molecule has 5 nitrogen and oxygen atoms in total. The van der Waals surface area contributed by atoms with Gasteiger partial charge in [0.25, 0.3) is 0 Å². The number of imidazole rings is 1. The molecule has 0 unspecified atom stereocenters. The summed E-state index contributed by atoms with van der Waals surface area (Å²) in [6.45, 7) is 2.42. The predicted molar refractivity (Wildman–Crippen MR) is 82.5 cm³/mol. The molecule has 3 rings (SSSR count). The predicted octanol–water partition coefficient (Wildman–Crippen LogP) is 1.31. The molecule has 2 aromatic carbocycles. The van der Waals surface area contributed by atoms with Crippen LogP contribution in [0.2, 0.25) is 0 Å². The molecule has 3 aromatic rings. The first-order valence-electron chi connectivity index (χ1n) is 6.77. The summed E-state index contributed by atoms with van der Waals surface area (Å²) in [5.41, 5.74) is 2.88. The van der Waals surface area contributed by atoms with Gasteiger partial charge in [-0.1, -0.05) is 18.2 Å². The van der Waals surface area contributed by atoms with Crippen molar-refractivity contribution in [2.75, 3.05) is 6.61 Å². The van der Waals surface area contributed by atoms with Crippen molar-refractivity contribution in [3.63, 3.8) is 0 Å². The van der Waals surface area contributed by atoms with Crippen LogP contribution < -0.4 is 10.2 Å². The van der Waals surface area contributed by atoms with E-state index in [1.807, 2.05) is 31.2 Å². The van der Waals surface area contributed by atoms with Gasteiger partial charge in [0.2, 0.25) is 0 Å². The van der Waals surface area contributed by atoms with Crippen molar-refractivity contribution in [3.05, 3.63) is 42.5 Å². The Labute approximate surface area is 122 Å². The molecule has 0 amide bonds. The molecule has 0 spiro atoms. The molecule has 0 saturated heterocycles. The minimum absolute atomic E-state index is 0.397. The van der Waals surface area contributed by atoms with Crippen molar-refractivity contribution >= 4 is 23.6 Å². The average Bonchev–Trinajstić information content (AvgIpc) is 2.91. The van der Waals surface area contributed by atoms with Gasteiger partial charge in [-0.2, -0.15) is 0 Å². The minimum atomic E-state index is -1.52. The molecule has 6 heteroatoms. The van der Waals surface area contributed by atoms with Crippen LogP contribution in [0.25, 0.3) is 22.4 Å². The SMILES string of the molecule is CCOc1ccc(B(O)O)cc1-c1nc2ccccc2[nH]1. The van der Waals surface area contributed by atoms with E-state index in [-0.39, 0.29) is 0 Å². The third kappa shape index (κ3) is 2.63. The highest BCUT2D eigenvalue weighted by Crippen LogP contribution is 2.28. The van der Waals surface area contributed by atoms with Gasteiger partial charge in [-0.05, 0) is 36.7 Å². The highest BCUT2D eigenvalue weighted by atomic mass is 16.5. The molecule has 21 heavy (non-hydrogen) atoms. The van der Waals surface area contributed by atoms with Gasteiger partial charge in [-0.3, -0.25) is 0 Å². The van der Waals surface area contributed by atoms with Gasteiger partial charge in [0.1, 0.15) is 11.6 Å². The van der Waals surface area contributed by atoms with E-state index >= 15 is 0 Å². The summed E-state index contributed by atoms with van der Waals surface area (Å²) >= 11 is 0. The van der Waals surface area contributed by atoms with E-state index in [4.69, 9.17) is 4.74 Å². The molecule has 106 valence electrons. The molecule has 0 saturated carbocycles. The van der Waals surface area contributed by atoms with Crippen molar-refractivity contribution in [3.8, 4) is 17.1 Å². The zero-order chi connectivity index (χ0) is 14.8. The molecular formula is C15H15BN2O3. The summed E-state index contributed by atoms with van der Waals surface area (Å²) in [6, 6.07) is 12.7. The molecule has 1 heterocycles. The largest absolute Gasteiger partial charge is 0.493 e. The van der Waals surface area contributed by atoms with Gasteiger partial charge >= 0.3 is 7.12 Å². The van der Waals surface area contributed by atoms with Gasteiger partial charge in [0.05, 0.1) is 23.2 Å². The number of aromatic amines is 1. The lowest BCUT2D eigenvalue weighted by atomic mass is 9.79. The lowest BCUT2D eigenvalue weighted by molar-refractivity contribution is 0.341. The quantitative estimate of drug-likeness (QED) is 0.630. The van der Waals surface area contributed by atoms with E-state index in [2.05, 4.69) is 9.97 Å². The fraction of sp³-hybridized carbons (Fsp3) is 0.133. The number of nitrogens with one attached hydrogen (secondary N) is 1. The van der Waals surface area contributed by atoms with Gasteiger partial charge in [0, 0.05) is 0 Å². The second-order valence-corrected chi connectivity index (χ2v) is 4.66. The molecule has 3 N–H and O–H groups in total. The summed E-state index contributed by atoms with van der Waals surface area (Å²) in [5, 5.41) is 18.7. The number of aromatic nitrogens is 2. The Morgan fingerprint density at radius 3 is 2.71 bits per heavy atom. The van der Waals surface area contributed by atoms with E-state index in [1.165, 1.54) is 0 Å². The first-order chi connectivity index (χ1) is 10.2. The van der Waals surface area contributed by atoms with Gasteiger partial charge in [0.15, 0.2) is 0 Å². The molecule has 0 bridgehead atoms. The maximum absolute atomic E-state index is 9.34. The van der Waals surface area contributed by atoms with E-state index in [0.717, 1.165) is 11.0 Å². The fourth-order valence-corrected chi connectivity index (χ4v) is 2.25. The van der Waals surface area contributed by atoms with E-state index in [1.54, 1.807) is 18.2 Å². The van der Waals surface area contributed by atoms with Crippen molar-refractivity contribution in [2.45, 2.75) is 6.92 Å². The number of para-hydroxylation sites is 2. The maximum atomic E-state index is 9.34. The number of hydrogen-bond donors (Lipinski definition) is 3. The van der Waals surface area contributed by atoms with Crippen LogP contribution in [0.3, 0.4) is 0 Å². The second kappa shape index (κ2) is 5.59. The Bertz CT molecular complexity index is 737. The van der Waals surface area contributed by atoms with E-state index in [9.17, 15) is 10.0 Å². The first kappa shape index (κ1) is 13.7. The van der Waals surface area contributed by atoms with Crippen LogP contribution >= 0.6 is 0 Å². The molecule has 0 atom stereocenters. The number of H-pyrrole nitrogens is 1. The van der Waals surface area contributed by atoms with Crippen LogP contribution in [0.4, 0.5) is 0 Å². The standard InChI is InChI=1S/C15H15BN2O3/c1-2-21-14-8-7-10(16(19)20)9-11(14)15-17-12-5-3-4-6-13(12)18-15/h3-9,19-20H,2H2,1H3,(H,17,18). The summed E-state index contributed by atoms with van der Waals surface area (Å²) in [6.07, 6.45) is 0. The average molecular weight is 282 g/mol. The molecule has 1 aromatic heterocycles. The van der Waals surface area contributed by atoms with Gasteiger partial charge < -0.3 is 19.8 Å². The Hall–Kier alpha value is -2.31. The summed E-state index contributed by atoms with van der Waals surface area (Å²) in [4.78, 5) is 7.75. The number of fused-ring (bicyclic) bond motifs is 1. The molecule has 0 fully saturated rings. The normalized spacial score (nSPS) is 10.8. The third-order valence-corrected chi connectivity index (χ3v) is 3.25. The van der Waals surface area contributed by atoms with Crippen LogP contribution in [0.15, 0.2) is 42.5 Å². The third-order valence-electron chi connectivity index (χ3n) is 3.25. The zero-order valence-electron chi connectivity index (χ0n) is 11.6. The van der Waals surface area contributed by atoms with Crippen LogP contribution in [0, 0.1) is 0 Å². The molecule has 0 aliphatic rings. The molecule has 0 aliphatic heterocycles. The van der Waals surface area contributed by atoms with Gasteiger partial charge in [-0.25, -0.2) is 4.98 Å².